The molecule has 1 radical (unpaired) electrons. The summed E-state index contributed by atoms with van der Waals surface area (Å²) < 4.78 is 0. The third-order valence-corrected chi connectivity index (χ3v) is 0.666. The highest BCUT2D eigenvalue weighted by molar-refractivity contribution is 6.22. The van der Waals surface area contributed by atoms with Crippen molar-refractivity contribution in [2.24, 2.45) is 5.73 Å². The van der Waals surface area contributed by atoms with Gasteiger partial charge in [0.25, 0.3) is 0 Å². The van der Waals surface area contributed by atoms with Crippen molar-refractivity contribution in [1.82, 2.24) is 0 Å². The Morgan fingerprint density at radius 3 is 2.17 bits per heavy atom. The van der Waals surface area contributed by atoms with Crippen LogP contribution in [0.25, 0.3) is 0 Å². The van der Waals surface area contributed by atoms with Gasteiger partial charge < -0.3 is 10.8 Å². The molecule has 4 heteroatoms. The first-order valence-electron chi connectivity index (χ1n) is 1.46. The zero-order chi connectivity index (χ0) is 5.15. The maximum atomic E-state index is 9.58. The first-order chi connectivity index (χ1) is 2.64. The molecule has 0 aliphatic rings. The number of carboxylic acids is 1. The molecule has 0 bridgehead atoms. The third-order valence-electron chi connectivity index (χ3n) is 0.317. The van der Waals surface area contributed by atoms with Crippen LogP contribution in [-0.2, 0) is 4.79 Å². The monoisotopic (exact) mass is 102 g/mol. The van der Waals surface area contributed by atoms with Gasteiger partial charge in [0.1, 0.15) is 0 Å². The van der Waals surface area contributed by atoms with E-state index in [0.717, 1.165) is 0 Å². The van der Waals surface area contributed by atoms with E-state index >= 15 is 0 Å². The summed E-state index contributed by atoms with van der Waals surface area (Å²) in [4.78, 5) is 8.88. The molecule has 0 aliphatic heterocycles. The summed E-state index contributed by atoms with van der Waals surface area (Å²) in [6.07, 6.45) is 0. The minimum atomic E-state index is -0.951. The average molecular weight is 102 g/mol. The van der Waals surface area contributed by atoms with E-state index in [4.69, 9.17) is 10.8 Å². The molecule has 0 fully saturated rings. The van der Waals surface area contributed by atoms with Crippen molar-refractivity contribution in [3.05, 3.63) is 0 Å². The van der Waals surface area contributed by atoms with Crippen molar-refractivity contribution >= 4 is 22.3 Å². The van der Waals surface area contributed by atoms with Crippen molar-refractivity contribution < 1.29 is 9.90 Å². The summed E-state index contributed by atoms with van der Waals surface area (Å²) in [5.74, 6) is -0.951. The van der Waals surface area contributed by atoms with Gasteiger partial charge in [-0.25, -0.2) is 0 Å². The van der Waals surface area contributed by atoms with Crippen LogP contribution in [0.4, 0.5) is 0 Å². The molecule has 33 valence electrons. The minimum absolute atomic E-state index is 0.704. The Kier molecular flexibility index (Phi) is 2.18. The number of hydrogen-bond donors (Lipinski definition) is 2. The first-order valence-corrected chi connectivity index (χ1v) is 2.27. The summed E-state index contributed by atoms with van der Waals surface area (Å²) in [7, 11) is 0. The predicted molar refractivity (Wildman–Crippen MR) is 22.8 cm³/mol. The minimum Gasteiger partial charge on any atom is -0.481 e. The largest absolute Gasteiger partial charge is 0.481 e. The highest BCUT2D eigenvalue weighted by Crippen LogP contribution is 1.61. The summed E-state index contributed by atoms with van der Waals surface area (Å²) in [5.41, 5.74) is 4.85. The molecule has 0 heterocycles. The number of carbonyl (C=O) groups is 1. The van der Waals surface area contributed by atoms with E-state index in [9.17, 15) is 4.79 Å². The SMILES string of the molecule is N[CH]([AlH])C(=O)O. The lowest BCUT2D eigenvalue weighted by Gasteiger charge is -1.90. The van der Waals surface area contributed by atoms with Gasteiger partial charge >= 0.3 is 5.97 Å². The second kappa shape index (κ2) is 2.19. The molecule has 3 nitrogen and oxygen atoms in total. The van der Waals surface area contributed by atoms with Gasteiger partial charge in [-0.1, -0.05) is 0 Å². The molecule has 0 aromatic carbocycles. The van der Waals surface area contributed by atoms with Crippen molar-refractivity contribution in [3.8, 4) is 0 Å². The lowest BCUT2D eigenvalue weighted by Crippen LogP contribution is -2.29. The molecular formula is C2H5AlNO2. The lowest BCUT2D eigenvalue weighted by atomic mass is 10.7. The quantitative estimate of drug-likeness (QED) is 0.386. The lowest BCUT2D eigenvalue weighted by molar-refractivity contribution is -0.136. The molecule has 0 saturated carbocycles. The standard InChI is InChI=1S/C2H4NO2.Al.H/c3-1-2(4)5;;/h1H,3H2,(H,4,5);;. The zero-order valence-electron chi connectivity index (χ0n) is 3.22. The van der Waals surface area contributed by atoms with Gasteiger partial charge in [-0.05, 0) is 0 Å². The Hall–Kier alpha value is -0.0375. The third kappa shape index (κ3) is 2.21. The van der Waals surface area contributed by atoms with Crippen LogP contribution in [0.5, 0.6) is 0 Å². The molecular weight excluding hydrogens is 97.0 g/mol. The summed E-state index contributed by atoms with van der Waals surface area (Å²) in [5, 5.41) is 7.87. The number of rotatable bonds is 1. The molecule has 1 atom stereocenters. The average Bonchev–Trinajstić information content (AvgIpc) is 1.36. The smallest absolute Gasteiger partial charge is 0.304 e. The number of aliphatic carboxylic acids is 1. The summed E-state index contributed by atoms with van der Waals surface area (Å²) in [6.45, 7) is 0. The summed E-state index contributed by atoms with van der Waals surface area (Å²) in [6, 6.07) is 0. The van der Waals surface area contributed by atoms with Gasteiger partial charge in [0.05, 0.1) is 0 Å². The van der Waals surface area contributed by atoms with E-state index < -0.39 is 10.9 Å². The summed E-state index contributed by atoms with van der Waals surface area (Å²) >= 11 is 1.24. The Labute approximate surface area is 43.6 Å². The molecule has 6 heavy (non-hydrogen) atoms. The molecule has 0 spiro atoms. The second-order valence-electron chi connectivity index (χ2n) is 0.945. The van der Waals surface area contributed by atoms with Gasteiger partial charge in [0, 0.05) is 4.90 Å². The van der Waals surface area contributed by atoms with Crippen molar-refractivity contribution in [3.63, 3.8) is 0 Å². The van der Waals surface area contributed by atoms with Crippen molar-refractivity contribution in [2.45, 2.75) is 4.90 Å². The van der Waals surface area contributed by atoms with E-state index in [1.54, 1.807) is 0 Å². The van der Waals surface area contributed by atoms with Gasteiger partial charge in [0.2, 0.25) is 16.3 Å². The molecule has 0 aromatic rings. The highest BCUT2D eigenvalue weighted by atomic mass is 27.0. The molecule has 0 amide bonds. The maximum Gasteiger partial charge on any atom is 0.304 e. The molecule has 0 aromatic heterocycles. The Morgan fingerprint density at radius 2 is 2.17 bits per heavy atom. The fourth-order valence-corrected chi connectivity index (χ4v) is 0. The van der Waals surface area contributed by atoms with Gasteiger partial charge in [-0.3, -0.25) is 4.79 Å². The normalized spacial score (nSPS) is 13.5. The van der Waals surface area contributed by atoms with E-state index in [2.05, 4.69) is 0 Å². The van der Waals surface area contributed by atoms with Crippen LogP contribution in [0.1, 0.15) is 0 Å². The van der Waals surface area contributed by atoms with Gasteiger partial charge in [-0.15, -0.1) is 0 Å². The first kappa shape index (κ1) is 5.96. The molecule has 3 N–H and O–H groups in total. The molecule has 0 saturated heterocycles. The van der Waals surface area contributed by atoms with E-state index in [0.29, 0.717) is 0 Å². The van der Waals surface area contributed by atoms with Crippen LogP contribution in [0.3, 0.4) is 0 Å². The van der Waals surface area contributed by atoms with Crippen LogP contribution in [0.2, 0.25) is 0 Å². The van der Waals surface area contributed by atoms with Crippen LogP contribution in [0.15, 0.2) is 0 Å². The molecule has 0 aliphatic carbocycles. The Balaban J connectivity index is 3.26. The van der Waals surface area contributed by atoms with E-state index in [1.165, 1.54) is 16.3 Å². The van der Waals surface area contributed by atoms with Crippen LogP contribution < -0.4 is 5.73 Å². The van der Waals surface area contributed by atoms with Crippen LogP contribution in [-0.4, -0.2) is 32.3 Å². The van der Waals surface area contributed by atoms with Crippen LogP contribution >= 0.6 is 0 Å². The van der Waals surface area contributed by atoms with Crippen molar-refractivity contribution in [2.75, 3.05) is 0 Å². The Bertz CT molecular complexity index is 62.6. The van der Waals surface area contributed by atoms with E-state index in [-0.39, 0.29) is 0 Å². The number of nitrogens with two attached hydrogens (primary N) is 1. The van der Waals surface area contributed by atoms with Crippen LogP contribution in [0, 0.1) is 0 Å². The number of hydrogen-bond acceptors (Lipinski definition) is 2. The highest BCUT2D eigenvalue weighted by Gasteiger charge is 1.99. The van der Waals surface area contributed by atoms with Gasteiger partial charge in [-0.2, -0.15) is 0 Å². The molecule has 1 unspecified atom stereocenters. The topological polar surface area (TPSA) is 63.3 Å². The fraction of sp³-hybridized carbons (Fsp3) is 0.500. The maximum absolute atomic E-state index is 9.58. The predicted octanol–water partition coefficient (Wildman–Crippen LogP) is -1.74. The zero-order valence-corrected chi connectivity index (χ0v) is 4.63. The Morgan fingerprint density at radius 1 is 2.00 bits per heavy atom. The second-order valence-corrected chi connectivity index (χ2v) is 1.82. The fourth-order valence-electron chi connectivity index (χ4n) is 0. The van der Waals surface area contributed by atoms with E-state index in [1.807, 2.05) is 0 Å². The van der Waals surface area contributed by atoms with Crippen molar-refractivity contribution in [1.29, 1.82) is 0 Å². The number of carboxylic acid groups (broad SMARTS) is 1. The van der Waals surface area contributed by atoms with Gasteiger partial charge in [0.15, 0.2) is 0 Å². The molecule has 0 rings (SSSR count).